The summed E-state index contributed by atoms with van der Waals surface area (Å²) in [6.45, 7) is 28.7. The Labute approximate surface area is 266 Å². The summed E-state index contributed by atoms with van der Waals surface area (Å²) >= 11 is 0. The molecule has 0 aromatic heterocycles. The Morgan fingerprint density at radius 1 is 0.727 bits per heavy atom. The molecule has 0 bridgehead atoms. The van der Waals surface area contributed by atoms with Gasteiger partial charge in [-0.05, 0) is 111 Å². The number of carbonyl (C=O) groups excluding carboxylic acids is 3. The highest BCUT2D eigenvalue weighted by molar-refractivity contribution is 5.89. The van der Waals surface area contributed by atoms with Crippen LogP contribution in [0.15, 0.2) is 0 Å². The van der Waals surface area contributed by atoms with Gasteiger partial charge in [-0.15, -0.1) is 0 Å². The maximum absolute atomic E-state index is 13.7. The van der Waals surface area contributed by atoms with Crippen molar-refractivity contribution >= 4 is 17.8 Å². The second kappa shape index (κ2) is 10.9. The summed E-state index contributed by atoms with van der Waals surface area (Å²) in [5.41, 5.74) is -3.35. The molecule has 0 aromatic rings. The Morgan fingerprint density at radius 2 is 1.11 bits per heavy atom. The van der Waals surface area contributed by atoms with Crippen LogP contribution in [0.4, 0.5) is 0 Å². The van der Waals surface area contributed by atoms with Crippen LogP contribution in [0.5, 0.6) is 0 Å². The van der Waals surface area contributed by atoms with Gasteiger partial charge < -0.3 is 24.4 Å². The molecule has 10 nitrogen and oxygen atoms in total. The third-order valence-corrected chi connectivity index (χ3v) is 11.1. The van der Waals surface area contributed by atoms with Crippen molar-refractivity contribution < 1.29 is 28.6 Å². The van der Waals surface area contributed by atoms with E-state index in [0.29, 0.717) is 12.8 Å². The Balaban J connectivity index is 0.000000257. The van der Waals surface area contributed by atoms with E-state index < -0.39 is 28.6 Å². The number of esters is 1. The van der Waals surface area contributed by atoms with Gasteiger partial charge in [-0.2, -0.15) is 0 Å². The van der Waals surface area contributed by atoms with Crippen molar-refractivity contribution in [3.63, 3.8) is 0 Å². The number of amides is 2. The second-order valence-corrected chi connectivity index (χ2v) is 17.4. The Hall–Kier alpha value is -1.75. The number of hydrogen-bond acceptors (Lipinski definition) is 8. The average molecular weight is 623 g/mol. The highest BCUT2D eigenvalue weighted by atomic mass is 16.6. The molecule has 4 aliphatic rings. The lowest BCUT2D eigenvalue weighted by Gasteiger charge is -2.56. The zero-order chi connectivity index (χ0) is 34.3. The van der Waals surface area contributed by atoms with E-state index >= 15 is 0 Å². The highest BCUT2D eigenvalue weighted by Gasteiger charge is 2.65. The van der Waals surface area contributed by atoms with Crippen LogP contribution in [0.2, 0.25) is 0 Å². The molecular weight excluding hydrogens is 560 g/mol. The van der Waals surface area contributed by atoms with Gasteiger partial charge in [0, 0.05) is 53.9 Å². The number of ether oxygens (including phenoxy) is 3. The SMILES string of the molecule is CN1C(C)(C)CC2(CC1(C)C)OC(C)(C)NC2=O.COC(=O)C(C)C(C)N1C(=O)C2(CC(C)(C)N(C)C(C)(C)C2)OC1(C)C. The van der Waals surface area contributed by atoms with Gasteiger partial charge >= 0.3 is 5.97 Å². The van der Waals surface area contributed by atoms with Crippen LogP contribution in [0.1, 0.15) is 123 Å². The molecule has 2 spiro atoms. The second-order valence-electron chi connectivity index (χ2n) is 17.4. The van der Waals surface area contributed by atoms with Crippen molar-refractivity contribution in [2.75, 3.05) is 21.2 Å². The van der Waals surface area contributed by atoms with E-state index in [1.807, 2.05) is 34.6 Å². The molecule has 4 fully saturated rings. The molecule has 0 saturated carbocycles. The lowest BCUT2D eigenvalue weighted by atomic mass is 9.71. The van der Waals surface area contributed by atoms with Gasteiger partial charge in [-0.25, -0.2) is 0 Å². The summed E-state index contributed by atoms with van der Waals surface area (Å²) in [6.07, 6.45) is 2.71. The molecule has 2 unspecified atom stereocenters. The molecule has 4 saturated heterocycles. The normalized spacial score (nSPS) is 30.3. The van der Waals surface area contributed by atoms with E-state index in [1.54, 1.807) is 11.8 Å². The van der Waals surface area contributed by atoms with Crippen LogP contribution in [0, 0.1) is 5.92 Å². The van der Waals surface area contributed by atoms with E-state index in [0.717, 1.165) is 12.8 Å². The monoisotopic (exact) mass is 622 g/mol. The predicted octanol–water partition coefficient (Wildman–Crippen LogP) is 4.69. The van der Waals surface area contributed by atoms with Gasteiger partial charge in [0.15, 0.2) is 11.2 Å². The fourth-order valence-electron chi connectivity index (χ4n) is 8.75. The van der Waals surface area contributed by atoms with Gasteiger partial charge in [-0.1, -0.05) is 0 Å². The Bertz CT molecular complexity index is 1120. The average Bonchev–Trinajstić information content (AvgIpc) is 3.15. The molecule has 2 atom stereocenters. The molecule has 0 aliphatic carbocycles. The van der Waals surface area contributed by atoms with Crippen molar-refractivity contribution in [1.29, 1.82) is 0 Å². The minimum absolute atomic E-state index is 0.0139. The van der Waals surface area contributed by atoms with Crippen molar-refractivity contribution in [1.82, 2.24) is 20.0 Å². The summed E-state index contributed by atoms with van der Waals surface area (Å²) in [5.74, 6) is -0.706. The molecule has 44 heavy (non-hydrogen) atoms. The number of rotatable bonds is 3. The topological polar surface area (TPSA) is 101 Å². The molecule has 4 rings (SSSR count). The Morgan fingerprint density at radius 3 is 1.45 bits per heavy atom. The Kier molecular flexibility index (Phi) is 9.11. The number of piperidine rings is 2. The largest absolute Gasteiger partial charge is 0.469 e. The summed E-state index contributed by atoms with van der Waals surface area (Å²) in [6, 6.07) is -0.310. The summed E-state index contributed by atoms with van der Waals surface area (Å²) in [7, 11) is 5.62. The molecule has 1 N–H and O–H groups in total. The standard InChI is InChI=1S/C20H36N2O4.C14H26N2O2/c1-13(15(23)25-10)14(2)22-16(24)20(26-19(22,7)8)11-17(3,4)21(9)18(5,6)12-20;1-11(2)8-14(9-12(3,4)16(11)7)10(17)15-13(5,6)18-14/h13-14H,11-12H2,1-10H3;8-9H2,1-7H3,(H,15,17). The predicted molar refractivity (Wildman–Crippen MR) is 172 cm³/mol. The van der Waals surface area contributed by atoms with Crippen LogP contribution in [-0.4, -0.2) is 105 Å². The smallest absolute Gasteiger partial charge is 0.310 e. The maximum Gasteiger partial charge on any atom is 0.310 e. The molecule has 4 heterocycles. The maximum atomic E-state index is 13.7. The quantitative estimate of drug-likeness (QED) is 0.453. The third-order valence-electron chi connectivity index (χ3n) is 11.1. The van der Waals surface area contributed by atoms with Crippen molar-refractivity contribution in [3.8, 4) is 0 Å². The van der Waals surface area contributed by atoms with Gasteiger partial charge in [-0.3, -0.25) is 24.2 Å². The molecular formula is C34H62N4O6. The third kappa shape index (κ3) is 6.29. The first kappa shape index (κ1) is 36.7. The fraction of sp³-hybridized carbons (Fsp3) is 0.912. The number of nitrogens with zero attached hydrogens (tertiary/aromatic N) is 3. The van der Waals surface area contributed by atoms with Gasteiger partial charge in [0.2, 0.25) is 0 Å². The van der Waals surface area contributed by atoms with Crippen LogP contribution in [-0.2, 0) is 28.6 Å². The first-order chi connectivity index (χ1) is 19.5. The van der Waals surface area contributed by atoms with E-state index in [1.165, 1.54) is 7.11 Å². The zero-order valence-corrected chi connectivity index (χ0v) is 30.8. The minimum atomic E-state index is -0.868. The van der Waals surface area contributed by atoms with Crippen LogP contribution in [0.3, 0.4) is 0 Å². The van der Waals surface area contributed by atoms with Gasteiger partial charge in [0.05, 0.1) is 13.0 Å². The van der Waals surface area contributed by atoms with Gasteiger partial charge in [0.25, 0.3) is 11.8 Å². The van der Waals surface area contributed by atoms with Crippen LogP contribution >= 0.6 is 0 Å². The first-order valence-corrected chi connectivity index (χ1v) is 16.1. The molecule has 0 aromatic carbocycles. The van der Waals surface area contributed by atoms with Crippen LogP contribution in [0.25, 0.3) is 0 Å². The van der Waals surface area contributed by atoms with Gasteiger partial charge in [0.1, 0.15) is 11.4 Å². The van der Waals surface area contributed by atoms with E-state index in [9.17, 15) is 14.4 Å². The lowest BCUT2D eigenvalue weighted by molar-refractivity contribution is -0.183. The number of nitrogens with one attached hydrogen (secondary N) is 1. The number of likely N-dealkylation sites (tertiary alicyclic amines) is 2. The molecule has 0 radical (unpaired) electrons. The minimum Gasteiger partial charge on any atom is -0.469 e. The molecule has 10 heteroatoms. The number of methoxy groups -OCH3 is 1. The lowest BCUT2D eigenvalue weighted by Crippen LogP contribution is -2.66. The molecule has 254 valence electrons. The van der Waals surface area contributed by atoms with E-state index in [2.05, 4.69) is 84.6 Å². The van der Waals surface area contributed by atoms with E-state index in [4.69, 9.17) is 14.2 Å². The highest BCUT2D eigenvalue weighted by Crippen LogP contribution is 2.52. The summed E-state index contributed by atoms with van der Waals surface area (Å²) in [5, 5.41) is 2.96. The summed E-state index contributed by atoms with van der Waals surface area (Å²) < 4.78 is 17.5. The summed E-state index contributed by atoms with van der Waals surface area (Å²) in [4.78, 5) is 44.5. The molecule has 2 amide bonds. The van der Waals surface area contributed by atoms with Crippen LogP contribution < -0.4 is 5.32 Å². The van der Waals surface area contributed by atoms with Crippen molar-refractivity contribution in [3.05, 3.63) is 0 Å². The number of hydrogen-bond donors (Lipinski definition) is 1. The fourth-order valence-corrected chi connectivity index (χ4v) is 8.75. The van der Waals surface area contributed by atoms with Crippen molar-refractivity contribution in [2.45, 2.75) is 173 Å². The first-order valence-electron chi connectivity index (χ1n) is 16.1. The number of carbonyl (C=O) groups is 3. The zero-order valence-electron chi connectivity index (χ0n) is 30.8. The van der Waals surface area contributed by atoms with Crippen molar-refractivity contribution in [2.24, 2.45) is 5.92 Å². The van der Waals surface area contributed by atoms with E-state index in [-0.39, 0.29) is 46.0 Å². The molecule has 4 aliphatic heterocycles.